The summed E-state index contributed by atoms with van der Waals surface area (Å²) in [6, 6.07) is 0. The lowest BCUT2D eigenvalue weighted by molar-refractivity contribution is -0.331. The second-order valence-corrected chi connectivity index (χ2v) is 8.10. The molecule has 1 heterocycles. The highest BCUT2D eigenvalue weighted by molar-refractivity contribution is 5.79. The lowest BCUT2D eigenvalue weighted by Crippen LogP contribution is -2.68. The van der Waals surface area contributed by atoms with Gasteiger partial charge >= 0.3 is 5.97 Å². The largest absolute Gasteiger partial charge is 0.467 e. The number of hydrogen-bond donors (Lipinski definition) is 4. The number of methoxy groups -OCH3 is 1. The van der Waals surface area contributed by atoms with Gasteiger partial charge in [-0.2, -0.15) is 0 Å². The molecule has 2 fully saturated rings. The zero-order chi connectivity index (χ0) is 19.2. The second kappa shape index (κ2) is 6.75. The van der Waals surface area contributed by atoms with Gasteiger partial charge in [0.1, 0.15) is 6.10 Å². The van der Waals surface area contributed by atoms with Crippen LogP contribution in [0, 0.1) is 5.92 Å². The Kier molecular flexibility index (Phi) is 5.55. The molecule has 0 spiro atoms. The van der Waals surface area contributed by atoms with E-state index in [0.717, 1.165) is 0 Å². The number of fused-ring (bicyclic) bond motifs is 1. The molecule has 146 valence electrons. The van der Waals surface area contributed by atoms with Crippen molar-refractivity contribution in [3.8, 4) is 0 Å². The van der Waals surface area contributed by atoms with Crippen molar-refractivity contribution in [2.45, 2.75) is 81.8 Å². The Morgan fingerprint density at radius 2 is 1.72 bits per heavy atom. The van der Waals surface area contributed by atoms with E-state index in [1.165, 1.54) is 7.11 Å². The van der Waals surface area contributed by atoms with E-state index in [2.05, 4.69) is 0 Å². The van der Waals surface area contributed by atoms with Crippen LogP contribution in [0.1, 0.15) is 40.5 Å². The van der Waals surface area contributed by atoms with Crippen LogP contribution in [0.25, 0.3) is 0 Å². The van der Waals surface area contributed by atoms with Crippen molar-refractivity contribution in [2.24, 2.45) is 5.92 Å². The van der Waals surface area contributed by atoms with Gasteiger partial charge in [0.25, 0.3) is 0 Å². The van der Waals surface area contributed by atoms with Crippen LogP contribution in [0.3, 0.4) is 0 Å². The van der Waals surface area contributed by atoms with E-state index in [1.54, 1.807) is 0 Å². The zero-order valence-electron chi connectivity index (χ0n) is 15.4. The molecule has 2 unspecified atom stereocenters. The van der Waals surface area contributed by atoms with Crippen LogP contribution in [-0.2, 0) is 19.0 Å². The Hall–Kier alpha value is -0.770. The molecule has 8 heteroatoms. The summed E-state index contributed by atoms with van der Waals surface area (Å²) in [6.45, 7) is 6.76. The van der Waals surface area contributed by atoms with Gasteiger partial charge in [0.15, 0.2) is 5.60 Å². The predicted molar refractivity (Wildman–Crippen MR) is 86.7 cm³/mol. The van der Waals surface area contributed by atoms with E-state index in [4.69, 9.17) is 19.3 Å². The number of aliphatic hydroxyl groups is 4. The van der Waals surface area contributed by atoms with Crippen molar-refractivity contribution in [3.63, 3.8) is 0 Å². The zero-order valence-corrected chi connectivity index (χ0v) is 15.4. The van der Waals surface area contributed by atoms with Crippen molar-refractivity contribution in [2.75, 3.05) is 13.7 Å². The van der Waals surface area contributed by atoms with Gasteiger partial charge in [-0.05, 0) is 34.1 Å². The van der Waals surface area contributed by atoms with Crippen molar-refractivity contribution in [1.82, 2.24) is 0 Å². The highest BCUT2D eigenvalue weighted by Crippen LogP contribution is 2.47. The summed E-state index contributed by atoms with van der Waals surface area (Å²) in [6.07, 6.45) is -4.35. The molecule has 2 rings (SSSR count). The fourth-order valence-corrected chi connectivity index (χ4v) is 3.65. The topological polar surface area (TPSA) is 126 Å². The second-order valence-electron chi connectivity index (χ2n) is 8.10. The molecule has 0 amide bonds. The van der Waals surface area contributed by atoms with Crippen LogP contribution in [0.5, 0.6) is 0 Å². The van der Waals surface area contributed by atoms with Gasteiger partial charge in [-0.3, -0.25) is 0 Å². The summed E-state index contributed by atoms with van der Waals surface area (Å²) in [4.78, 5) is 12.1. The molecule has 0 radical (unpaired) electrons. The minimum atomic E-state index is -1.86. The van der Waals surface area contributed by atoms with Gasteiger partial charge in [-0.25, -0.2) is 4.79 Å². The summed E-state index contributed by atoms with van der Waals surface area (Å²) in [5.41, 5.74) is -3.26. The fraction of sp³-hybridized carbons (Fsp3) is 0.941. The third-order valence-corrected chi connectivity index (χ3v) is 5.81. The average Bonchev–Trinajstić information content (AvgIpc) is 2.53. The molecule has 0 aromatic rings. The van der Waals surface area contributed by atoms with Gasteiger partial charge < -0.3 is 34.6 Å². The Morgan fingerprint density at radius 3 is 2.24 bits per heavy atom. The molecule has 1 saturated carbocycles. The van der Waals surface area contributed by atoms with E-state index in [-0.39, 0.29) is 12.8 Å². The van der Waals surface area contributed by atoms with Crippen LogP contribution < -0.4 is 0 Å². The maximum absolute atomic E-state index is 12.1. The molecule has 0 bridgehead atoms. The molecule has 2 aliphatic rings. The smallest absolute Gasteiger partial charge is 0.337 e. The first-order valence-corrected chi connectivity index (χ1v) is 8.52. The SMILES string of the molecule is COC(=O)[C@@]1(O)C[C@H]2OC(C)(C)C(C)(C)O[C@@H]2[C@H](C(O)C(O)CO)C1. The summed E-state index contributed by atoms with van der Waals surface area (Å²) >= 11 is 0. The summed E-state index contributed by atoms with van der Waals surface area (Å²) in [5.74, 6) is -1.65. The summed E-state index contributed by atoms with van der Waals surface area (Å²) < 4.78 is 17.0. The van der Waals surface area contributed by atoms with Crippen molar-refractivity contribution in [3.05, 3.63) is 0 Å². The number of esters is 1. The monoisotopic (exact) mass is 362 g/mol. The third-order valence-electron chi connectivity index (χ3n) is 5.81. The highest BCUT2D eigenvalue weighted by Gasteiger charge is 2.60. The molecule has 25 heavy (non-hydrogen) atoms. The van der Waals surface area contributed by atoms with Crippen LogP contribution in [-0.4, -0.2) is 81.3 Å². The predicted octanol–water partition coefficient (Wildman–Crippen LogP) is -0.644. The van der Waals surface area contributed by atoms with Gasteiger partial charge in [0.05, 0.1) is 43.2 Å². The minimum absolute atomic E-state index is 0.0394. The number of aliphatic hydroxyl groups excluding tert-OH is 3. The Bertz CT molecular complexity index is 505. The van der Waals surface area contributed by atoms with E-state index in [1.807, 2.05) is 27.7 Å². The third kappa shape index (κ3) is 3.56. The lowest BCUT2D eigenvalue weighted by atomic mass is 9.69. The molecule has 8 nitrogen and oxygen atoms in total. The van der Waals surface area contributed by atoms with Crippen LogP contribution >= 0.6 is 0 Å². The first-order chi connectivity index (χ1) is 11.4. The maximum atomic E-state index is 12.1. The Labute approximate surface area is 147 Å². The van der Waals surface area contributed by atoms with Crippen molar-refractivity contribution >= 4 is 5.97 Å². The molecule has 4 N–H and O–H groups in total. The number of ether oxygens (including phenoxy) is 3. The van der Waals surface area contributed by atoms with Crippen LogP contribution in [0.2, 0.25) is 0 Å². The standard InChI is InChI=1S/C17H30O8/c1-15(2)16(3,4)25-13-9(12(20)10(19)8-18)6-17(22,14(21)23-5)7-11(13)24-15/h9-13,18-20,22H,6-8H2,1-5H3/t9-,10?,11+,12?,13+,17-/m0/s1. The van der Waals surface area contributed by atoms with Gasteiger partial charge in [0, 0.05) is 12.3 Å². The van der Waals surface area contributed by atoms with Gasteiger partial charge in [-0.15, -0.1) is 0 Å². The fourth-order valence-electron chi connectivity index (χ4n) is 3.65. The highest BCUT2D eigenvalue weighted by atomic mass is 16.6. The number of carbonyl (C=O) groups excluding carboxylic acids is 1. The van der Waals surface area contributed by atoms with Crippen molar-refractivity contribution < 1.29 is 39.4 Å². The van der Waals surface area contributed by atoms with E-state index < -0.39 is 59.7 Å². The van der Waals surface area contributed by atoms with Gasteiger partial charge in [-0.1, -0.05) is 0 Å². The quantitative estimate of drug-likeness (QED) is 0.487. The van der Waals surface area contributed by atoms with E-state index in [9.17, 15) is 20.1 Å². The number of rotatable bonds is 4. The van der Waals surface area contributed by atoms with Crippen LogP contribution in [0.4, 0.5) is 0 Å². The molecule has 1 aliphatic carbocycles. The summed E-state index contributed by atoms with van der Waals surface area (Å²) in [7, 11) is 1.17. The van der Waals surface area contributed by atoms with Crippen molar-refractivity contribution in [1.29, 1.82) is 0 Å². The van der Waals surface area contributed by atoms with Crippen LogP contribution in [0.15, 0.2) is 0 Å². The van der Waals surface area contributed by atoms with Gasteiger partial charge in [0.2, 0.25) is 0 Å². The molecule has 0 aromatic carbocycles. The minimum Gasteiger partial charge on any atom is -0.467 e. The lowest BCUT2D eigenvalue weighted by Gasteiger charge is -2.57. The average molecular weight is 362 g/mol. The molecule has 1 aliphatic heterocycles. The molecule has 1 saturated heterocycles. The maximum Gasteiger partial charge on any atom is 0.337 e. The van der Waals surface area contributed by atoms with E-state index in [0.29, 0.717) is 0 Å². The number of carbonyl (C=O) groups is 1. The normalized spacial score (nSPS) is 39.2. The molecular weight excluding hydrogens is 332 g/mol. The molecule has 6 atom stereocenters. The Balaban J connectivity index is 2.39. The number of hydrogen-bond acceptors (Lipinski definition) is 8. The first-order valence-electron chi connectivity index (χ1n) is 8.52. The first kappa shape index (κ1) is 20.5. The molecular formula is C17H30O8. The summed E-state index contributed by atoms with van der Waals surface area (Å²) in [5, 5.41) is 40.3. The Morgan fingerprint density at radius 1 is 1.16 bits per heavy atom. The molecule has 0 aromatic heterocycles. The van der Waals surface area contributed by atoms with E-state index >= 15 is 0 Å².